The number of hydrogen-bond donors (Lipinski definition) is 2. The number of allylic oxidation sites excluding steroid dienone is 2. The van der Waals surface area contributed by atoms with Gasteiger partial charge >= 0.3 is 0 Å². The first-order valence-electron chi connectivity index (χ1n) is 10.5. The third-order valence-electron chi connectivity index (χ3n) is 5.70. The van der Waals surface area contributed by atoms with Gasteiger partial charge in [-0.15, -0.1) is 0 Å². The molecule has 8 nitrogen and oxygen atoms in total. The van der Waals surface area contributed by atoms with Crippen molar-refractivity contribution >= 4 is 28.3 Å². The number of methoxy groups -OCH3 is 1. The summed E-state index contributed by atoms with van der Waals surface area (Å²) in [5, 5.41) is 13.7. The highest BCUT2D eigenvalue weighted by atomic mass is 35.5. The van der Waals surface area contributed by atoms with Crippen LogP contribution in [0.1, 0.15) is 0 Å². The summed E-state index contributed by atoms with van der Waals surface area (Å²) in [6.07, 6.45) is 5.28. The monoisotopic (exact) mass is 463 g/mol. The van der Waals surface area contributed by atoms with Gasteiger partial charge in [-0.2, -0.15) is 0 Å². The lowest BCUT2D eigenvalue weighted by Gasteiger charge is -2.32. The van der Waals surface area contributed by atoms with Crippen molar-refractivity contribution in [2.45, 2.75) is 11.9 Å². The van der Waals surface area contributed by atoms with Crippen LogP contribution in [0.4, 0.5) is 10.2 Å². The predicted octanol–water partition coefficient (Wildman–Crippen LogP) is 2.40. The maximum Gasteiger partial charge on any atom is 0.251 e. The zero-order valence-electron chi connectivity index (χ0n) is 18.1. The van der Waals surface area contributed by atoms with Crippen LogP contribution in [0, 0.1) is 0 Å². The number of benzene rings is 1. The summed E-state index contributed by atoms with van der Waals surface area (Å²) in [5.41, 5.74) is 0.605. The molecule has 1 aromatic heterocycles. The van der Waals surface area contributed by atoms with Crippen LogP contribution < -0.4 is 14.8 Å². The topological polar surface area (TPSA) is 83.0 Å². The van der Waals surface area contributed by atoms with Gasteiger partial charge in [-0.1, -0.05) is 17.7 Å². The lowest BCUT2D eigenvalue weighted by Crippen LogP contribution is -2.45. The molecular weight excluding hydrogens is 437 g/mol. The Morgan fingerprint density at radius 3 is 2.75 bits per heavy atom. The number of ether oxygens (including phenoxy) is 2. The molecule has 4 rings (SSSR count). The summed E-state index contributed by atoms with van der Waals surface area (Å²) in [7, 11) is 3.69. The fraction of sp³-hybridized carbons (Fsp3) is 0.455. The number of nitrogens with zero attached hydrogens (tertiary/aromatic N) is 4. The highest BCUT2D eigenvalue weighted by Crippen LogP contribution is 2.35. The van der Waals surface area contributed by atoms with E-state index in [2.05, 4.69) is 32.1 Å². The Labute approximate surface area is 191 Å². The molecule has 2 unspecified atom stereocenters. The number of likely N-dealkylation sites (N-methyl/N-ethyl adjacent to an activating group) is 1. The van der Waals surface area contributed by atoms with Crippen molar-refractivity contribution in [3.63, 3.8) is 0 Å². The minimum Gasteiger partial charge on any atom is -0.493 e. The number of piperazine rings is 1. The molecule has 2 atom stereocenters. The molecule has 2 aromatic rings. The van der Waals surface area contributed by atoms with E-state index in [1.165, 1.54) is 18.5 Å². The van der Waals surface area contributed by atoms with Gasteiger partial charge in [0, 0.05) is 55.3 Å². The van der Waals surface area contributed by atoms with Crippen molar-refractivity contribution in [2.75, 3.05) is 58.8 Å². The van der Waals surface area contributed by atoms with E-state index in [1.807, 2.05) is 0 Å². The molecule has 1 fully saturated rings. The molecule has 1 aliphatic carbocycles. The molecular formula is C22H27ClFN5O3. The molecule has 1 aliphatic heterocycles. The van der Waals surface area contributed by atoms with Gasteiger partial charge in [-0.05, 0) is 19.2 Å². The number of fused-ring (bicyclic) bond motifs is 1. The Hall–Kier alpha value is -2.46. The Kier molecular flexibility index (Phi) is 6.80. The normalized spacial score (nSPS) is 24.4. The molecule has 1 saturated heterocycles. The van der Waals surface area contributed by atoms with E-state index in [4.69, 9.17) is 21.1 Å². The number of alkyl halides is 1. The zero-order chi connectivity index (χ0) is 22.7. The van der Waals surface area contributed by atoms with Crippen LogP contribution in [-0.4, -0.2) is 90.3 Å². The molecule has 2 aliphatic rings. The number of anilines is 1. The number of rotatable bonds is 7. The first kappa shape index (κ1) is 22.7. The van der Waals surface area contributed by atoms with Crippen LogP contribution in [-0.2, 0) is 0 Å². The lowest BCUT2D eigenvalue weighted by molar-refractivity contribution is -0.0471. The van der Waals surface area contributed by atoms with E-state index in [0.29, 0.717) is 34.8 Å². The highest BCUT2D eigenvalue weighted by Gasteiger charge is 2.36. The van der Waals surface area contributed by atoms with E-state index in [-0.39, 0.29) is 5.03 Å². The molecule has 0 radical (unpaired) electrons. The average Bonchev–Trinajstić information content (AvgIpc) is 2.76. The fourth-order valence-electron chi connectivity index (χ4n) is 3.76. The number of aliphatic hydroxyl groups is 1. The van der Waals surface area contributed by atoms with Crippen LogP contribution in [0.2, 0.25) is 0 Å². The summed E-state index contributed by atoms with van der Waals surface area (Å²) in [5.74, 6) is -1.20. The lowest BCUT2D eigenvalue weighted by atomic mass is 10.0. The van der Waals surface area contributed by atoms with Crippen molar-refractivity contribution in [1.82, 2.24) is 19.8 Å². The standard InChI is InChI=1S/C22H27ClFN5O3/c1-28-5-7-29(8-6-28)9-10-32-19-12-17-16(11-18(19)31-2)21(26-14-25-17)27-20-4-3-15(23)13-22(20,24)30/h3-4,11-14,20,30H,5-10H2,1-2H3,(H,25,26,27). The van der Waals surface area contributed by atoms with Crippen molar-refractivity contribution in [3.8, 4) is 11.5 Å². The van der Waals surface area contributed by atoms with Crippen molar-refractivity contribution in [1.29, 1.82) is 0 Å². The minimum absolute atomic E-state index is 0.126. The van der Waals surface area contributed by atoms with Gasteiger partial charge in [0.25, 0.3) is 5.85 Å². The van der Waals surface area contributed by atoms with Gasteiger partial charge < -0.3 is 24.8 Å². The Morgan fingerprint density at radius 1 is 1.25 bits per heavy atom. The van der Waals surface area contributed by atoms with Gasteiger partial charge in [0.1, 0.15) is 24.8 Å². The van der Waals surface area contributed by atoms with Gasteiger partial charge in [0.05, 0.1) is 12.6 Å². The van der Waals surface area contributed by atoms with Crippen LogP contribution >= 0.6 is 11.6 Å². The van der Waals surface area contributed by atoms with E-state index in [1.54, 1.807) is 19.2 Å². The molecule has 10 heteroatoms. The first-order chi connectivity index (χ1) is 15.4. The molecule has 0 bridgehead atoms. The molecule has 2 heterocycles. The van der Waals surface area contributed by atoms with Gasteiger partial charge in [0.2, 0.25) is 0 Å². The maximum atomic E-state index is 14.6. The second kappa shape index (κ2) is 9.58. The second-order valence-corrected chi connectivity index (χ2v) is 8.41. The number of nitrogens with one attached hydrogen (secondary N) is 1. The summed E-state index contributed by atoms with van der Waals surface area (Å²) in [6.45, 7) is 5.50. The zero-order valence-corrected chi connectivity index (χ0v) is 18.8. The molecule has 1 aromatic carbocycles. The summed E-state index contributed by atoms with van der Waals surface area (Å²) < 4.78 is 26.1. The number of hydrogen-bond acceptors (Lipinski definition) is 8. The molecule has 0 saturated carbocycles. The van der Waals surface area contributed by atoms with Crippen molar-refractivity contribution in [2.24, 2.45) is 0 Å². The first-order valence-corrected chi connectivity index (χ1v) is 10.8. The van der Waals surface area contributed by atoms with Crippen LogP contribution in [0.5, 0.6) is 11.5 Å². The van der Waals surface area contributed by atoms with Gasteiger partial charge in [-0.3, -0.25) is 4.90 Å². The van der Waals surface area contributed by atoms with Gasteiger partial charge in [0.15, 0.2) is 11.5 Å². The fourth-order valence-corrected chi connectivity index (χ4v) is 3.98. The average molecular weight is 464 g/mol. The number of aromatic nitrogens is 2. The highest BCUT2D eigenvalue weighted by molar-refractivity contribution is 6.31. The molecule has 2 N–H and O–H groups in total. The van der Waals surface area contributed by atoms with Crippen LogP contribution in [0.25, 0.3) is 10.9 Å². The Balaban J connectivity index is 1.50. The van der Waals surface area contributed by atoms with Crippen molar-refractivity contribution < 1.29 is 19.0 Å². The number of halogens is 2. The third kappa shape index (κ3) is 5.12. The van der Waals surface area contributed by atoms with Crippen molar-refractivity contribution in [3.05, 3.63) is 41.7 Å². The molecule has 172 valence electrons. The smallest absolute Gasteiger partial charge is 0.251 e. The SMILES string of the molecule is COc1cc2c(NC3C=CC(Cl)=CC3(O)F)ncnc2cc1OCCN1CCN(C)CC1. The van der Waals surface area contributed by atoms with Gasteiger partial charge in [-0.25, -0.2) is 14.4 Å². The predicted molar refractivity (Wildman–Crippen MR) is 122 cm³/mol. The van der Waals surface area contributed by atoms with Crippen LogP contribution in [0.15, 0.2) is 41.7 Å². The van der Waals surface area contributed by atoms with Crippen LogP contribution in [0.3, 0.4) is 0 Å². The minimum atomic E-state index is -2.65. The summed E-state index contributed by atoms with van der Waals surface area (Å²) >= 11 is 5.80. The van der Waals surface area contributed by atoms with E-state index >= 15 is 0 Å². The molecule has 32 heavy (non-hydrogen) atoms. The Morgan fingerprint density at radius 2 is 2.03 bits per heavy atom. The quantitative estimate of drug-likeness (QED) is 0.647. The van der Waals surface area contributed by atoms with E-state index < -0.39 is 11.9 Å². The summed E-state index contributed by atoms with van der Waals surface area (Å²) in [6, 6.07) is 2.46. The second-order valence-electron chi connectivity index (χ2n) is 7.97. The molecule has 0 spiro atoms. The Bertz CT molecular complexity index is 1020. The third-order valence-corrected chi connectivity index (χ3v) is 5.93. The van der Waals surface area contributed by atoms with E-state index in [9.17, 15) is 9.50 Å². The van der Waals surface area contributed by atoms with E-state index in [0.717, 1.165) is 38.8 Å². The largest absolute Gasteiger partial charge is 0.493 e. The maximum absolute atomic E-state index is 14.6. The summed E-state index contributed by atoms with van der Waals surface area (Å²) in [4.78, 5) is 13.2. The molecule has 0 amide bonds.